The molecule has 34 heavy (non-hydrogen) atoms. The van der Waals surface area contributed by atoms with E-state index < -0.39 is 5.91 Å². The summed E-state index contributed by atoms with van der Waals surface area (Å²) in [5.41, 5.74) is 7.98. The molecule has 0 saturated carbocycles. The van der Waals surface area contributed by atoms with Gasteiger partial charge in [0.05, 0.1) is 35.3 Å². The fourth-order valence-electron chi connectivity index (χ4n) is 4.32. The minimum Gasteiger partial charge on any atom is -0.366 e. The second-order valence-electron chi connectivity index (χ2n) is 8.57. The molecule has 10 nitrogen and oxygen atoms in total. The maximum atomic E-state index is 12.7. The molecular weight excluding hydrogens is 432 g/mol. The Balaban J connectivity index is 1.22. The van der Waals surface area contributed by atoms with Crippen molar-refractivity contribution < 1.29 is 9.59 Å². The van der Waals surface area contributed by atoms with E-state index in [0.717, 1.165) is 56.4 Å². The van der Waals surface area contributed by atoms with E-state index in [-0.39, 0.29) is 11.9 Å². The first-order valence-electron chi connectivity index (χ1n) is 11.4. The summed E-state index contributed by atoms with van der Waals surface area (Å²) >= 11 is 0. The third-order valence-corrected chi connectivity index (χ3v) is 6.40. The monoisotopic (exact) mass is 460 g/mol. The minimum atomic E-state index is -0.460. The fourth-order valence-corrected chi connectivity index (χ4v) is 4.32. The number of hydrogen-bond acceptors (Lipinski definition) is 7. The highest BCUT2D eigenvalue weighted by atomic mass is 16.2. The first-order valence-corrected chi connectivity index (χ1v) is 11.4. The number of anilines is 1. The number of aryl methyl sites for hydroxylation is 1. The minimum absolute atomic E-state index is 0.152. The molecule has 1 aliphatic heterocycles. The van der Waals surface area contributed by atoms with Crippen LogP contribution in [0, 0.1) is 11.3 Å². The summed E-state index contributed by atoms with van der Waals surface area (Å²) in [4.78, 5) is 41.1. The molecule has 2 amide bonds. The van der Waals surface area contributed by atoms with E-state index in [1.807, 2.05) is 22.6 Å². The topological polar surface area (TPSA) is 134 Å². The van der Waals surface area contributed by atoms with Crippen LogP contribution in [0.4, 0.5) is 5.95 Å². The van der Waals surface area contributed by atoms with Crippen molar-refractivity contribution in [2.75, 3.05) is 25.0 Å². The van der Waals surface area contributed by atoms with Gasteiger partial charge in [-0.1, -0.05) is 0 Å². The number of primary amides is 1. The molecule has 0 spiro atoms. The van der Waals surface area contributed by atoms with E-state index in [1.165, 1.54) is 12.4 Å². The summed E-state index contributed by atoms with van der Waals surface area (Å²) in [6, 6.07) is 7.46. The van der Waals surface area contributed by atoms with Crippen LogP contribution < -0.4 is 10.6 Å². The molecule has 0 bridgehead atoms. The number of nitriles is 1. The Morgan fingerprint density at radius 2 is 1.91 bits per heavy atom. The molecule has 10 heteroatoms. The van der Waals surface area contributed by atoms with E-state index in [9.17, 15) is 9.59 Å². The molecule has 1 aromatic carbocycles. The Hall–Kier alpha value is -4.00. The van der Waals surface area contributed by atoms with Gasteiger partial charge in [-0.25, -0.2) is 15.0 Å². The predicted octanol–water partition coefficient (Wildman–Crippen LogP) is 2.09. The van der Waals surface area contributed by atoms with Gasteiger partial charge in [-0.3, -0.25) is 9.59 Å². The van der Waals surface area contributed by atoms with Crippen molar-refractivity contribution in [2.45, 2.75) is 44.7 Å². The van der Waals surface area contributed by atoms with Crippen molar-refractivity contribution in [1.82, 2.24) is 24.4 Å². The van der Waals surface area contributed by atoms with E-state index in [2.05, 4.69) is 19.9 Å². The normalized spacial score (nSPS) is 14.2. The molecule has 1 fully saturated rings. The Bertz CT molecular complexity index is 1210. The number of nitrogens with zero attached hydrogens (tertiary/aromatic N) is 7. The highest BCUT2D eigenvalue weighted by Crippen LogP contribution is 2.20. The van der Waals surface area contributed by atoms with Gasteiger partial charge in [-0.05, 0) is 43.9 Å². The molecule has 1 aliphatic rings. The van der Waals surface area contributed by atoms with Crippen LogP contribution in [0.25, 0.3) is 11.0 Å². The average molecular weight is 461 g/mol. The van der Waals surface area contributed by atoms with Crippen molar-refractivity contribution in [2.24, 2.45) is 5.73 Å². The molecule has 0 radical (unpaired) electrons. The van der Waals surface area contributed by atoms with Crippen LogP contribution in [-0.4, -0.2) is 62.4 Å². The Labute approximate surface area is 198 Å². The number of nitrogens with two attached hydrogens (primary N) is 1. The molecule has 4 rings (SSSR count). The van der Waals surface area contributed by atoms with Crippen molar-refractivity contribution in [3.63, 3.8) is 0 Å². The van der Waals surface area contributed by atoms with Crippen molar-refractivity contribution in [3.8, 4) is 6.07 Å². The van der Waals surface area contributed by atoms with E-state index in [1.54, 1.807) is 24.5 Å². The zero-order valence-electron chi connectivity index (χ0n) is 19.2. The maximum Gasteiger partial charge on any atom is 0.248 e. The molecule has 2 N–H and O–H groups in total. The number of benzene rings is 1. The molecular formula is C24H28N8O2. The molecule has 0 unspecified atom stereocenters. The Kier molecular flexibility index (Phi) is 7.01. The molecule has 3 heterocycles. The lowest BCUT2D eigenvalue weighted by molar-refractivity contribution is -0.132. The van der Waals surface area contributed by atoms with E-state index in [0.29, 0.717) is 23.5 Å². The summed E-state index contributed by atoms with van der Waals surface area (Å²) in [5, 5.41) is 8.88. The van der Waals surface area contributed by atoms with Gasteiger partial charge < -0.3 is 20.1 Å². The van der Waals surface area contributed by atoms with Crippen LogP contribution in [0.1, 0.15) is 48.0 Å². The van der Waals surface area contributed by atoms with Crippen molar-refractivity contribution in [3.05, 3.63) is 48.0 Å². The Morgan fingerprint density at radius 1 is 1.18 bits per heavy atom. The number of hydrogen-bond donors (Lipinski definition) is 1. The highest BCUT2D eigenvalue weighted by Gasteiger charge is 2.26. The third-order valence-electron chi connectivity index (χ3n) is 6.40. The van der Waals surface area contributed by atoms with Gasteiger partial charge in [0.15, 0.2) is 0 Å². The standard InChI is InChI=1S/C24H28N8O2/c1-30(19-7-10-31(11-8-19)24-27-14-17(13-25)15-28-24)22(33)4-2-3-9-32-16-29-20-6-5-18(23(26)34)12-21(20)32/h5-6,12,14-16,19H,2-4,7-11H2,1H3,(H2,26,34). The number of aromatic nitrogens is 4. The quantitative estimate of drug-likeness (QED) is 0.509. The van der Waals surface area contributed by atoms with Gasteiger partial charge >= 0.3 is 0 Å². The van der Waals surface area contributed by atoms with Gasteiger partial charge in [-0.2, -0.15) is 5.26 Å². The summed E-state index contributed by atoms with van der Waals surface area (Å²) in [5.74, 6) is 0.319. The van der Waals surface area contributed by atoms with Crippen LogP contribution in [0.3, 0.4) is 0 Å². The number of fused-ring (bicyclic) bond motifs is 1. The second kappa shape index (κ2) is 10.3. The van der Waals surface area contributed by atoms with Crippen molar-refractivity contribution >= 4 is 28.8 Å². The van der Waals surface area contributed by atoms with Crippen LogP contribution in [0.2, 0.25) is 0 Å². The summed E-state index contributed by atoms with van der Waals surface area (Å²) in [6.07, 6.45) is 8.64. The average Bonchev–Trinajstić information content (AvgIpc) is 3.28. The van der Waals surface area contributed by atoms with Gasteiger partial charge in [0, 0.05) is 44.7 Å². The summed E-state index contributed by atoms with van der Waals surface area (Å²) < 4.78 is 2.00. The zero-order chi connectivity index (χ0) is 24.1. The van der Waals surface area contributed by atoms with E-state index >= 15 is 0 Å². The predicted molar refractivity (Wildman–Crippen MR) is 127 cm³/mol. The summed E-state index contributed by atoms with van der Waals surface area (Å²) in [6.45, 7) is 2.27. The zero-order valence-corrected chi connectivity index (χ0v) is 19.2. The van der Waals surface area contributed by atoms with Crippen LogP contribution >= 0.6 is 0 Å². The summed E-state index contributed by atoms with van der Waals surface area (Å²) in [7, 11) is 1.88. The number of rotatable bonds is 8. The van der Waals surface area contributed by atoms with E-state index in [4.69, 9.17) is 11.0 Å². The number of piperidine rings is 1. The van der Waals surface area contributed by atoms with Crippen LogP contribution in [0.15, 0.2) is 36.9 Å². The number of imidazole rings is 1. The number of carbonyl (C=O) groups is 2. The second-order valence-corrected chi connectivity index (χ2v) is 8.57. The van der Waals surface area contributed by atoms with Crippen LogP contribution in [-0.2, 0) is 11.3 Å². The molecule has 2 aromatic heterocycles. The molecule has 176 valence electrons. The van der Waals surface area contributed by atoms with Gasteiger partial charge in [0.1, 0.15) is 6.07 Å². The number of carbonyl (C=O) groups excluding carboxylic acids is 2. The molecule has 1 saturated heterocycles. The smallest absolute Gasteiger partial charge is 0.248 e. The lowest BCUT2D eigenvalue weighted by Crippen LogP contribution is -2.46. The molecule has 0 atom stereocenters. The maximum absolute atomic E-state index is 12.7. The molecule has 0 aliphatic carbocycles. The number of amides is 2. The van der Waals surface area contributed by atoms with Gasteiger partial charge in [0.2, 0.25) is 17.8 Å². The first kappa shape index (κ1) is 23.2. The van der Waals surface area contributed by atoms with Crippen LogP contribution in [0.5, 0.6) is 0 Å². The largest absolute Gasteiger partial charge is 0.366 e. The lowest BCUT2D eigenvalue weighted by atomic mass is 10.0. The Morgan fingerprint density at radius 3 is 2.59 bits per heavy atom. The SMILES string of the molecule is CN(C(=O)CCCCn1cnc2ccc(C(N)=O)cc21)C1CCN(c2ncc(C#N)cn2)CC1. The number of unbranched alkanes of at least 4 members (excludes halogenated alkanes) is 1. The van der Waals surface area contributed by atoms with Gasteiger partial charge in [0.25, 0.3) is 0 Å². The third kappa shape index (κ3) is 5.14. The van der Waals surface area contributed by atoms with Gasteiger partial charge in [-0.15, -0.1) is 0 Å². The van der Waals surface area contributed by atoms with Crippen molar-refractivity contribution in [1.29, 1.82) is 5.26 Å². The molecule has 3 aromatic rings. The lowest BCUT2D eigenvalue weighted by Gasteiger charge is -2.36. The first-order chi connectivity index (χ1) is 16.5. The fraction of sp³-hybridized carbons (Fsp3) is 0.417. The highest BCUT2D eigenvalue weighted by molar-refractivity contribution is 5.96.